The molecule has 0 aromatic carbocycles. The number of likely N-dealkylation sites (N-methyl/N-ethyl adjacent to an activating group) is 1. The van der Waals surface area contributed by atoms with Crippen molar-refractivity contribution in [2.45, 2.75) is 25.4 Å². The van der Waals surface area contributed by atoms with Crippen LogP contribution in [0.1, 0.15) is 18.4 Å². The number of aromatic nitrogens is 1. The Bertz CT molecular complexity index is 590. The van der Waals surface area contributed by atoms with E-state index in [9.17, 15) is 4.79 Å². The summed E-state index contributed by atoms with van der Waals surface area (Å²) in [4.78, 5) is 22.5. The van der Waals surface area contributed by atoms with Gasteiger partial charge < -0.3 is 4.90 Å². The summed E-state index contributed by atoms with van der Waals surface area (Å²) in [5.41, 5.74) is 0.955. The fourth-order valence-corrected chi connectivity index (χ4v) is 4.21. The molecule has 1 amide bonds. The molecule has 4 heterocycles. The van der Waals surface area contributed by atoms with Gasteiger partial charge in [-0.25, -0.2) is 0 Å². The van der Waals surface area contributed by atoms with E-state index < -0.39 is 0 Å². The molecule has 5 nitrogen and oxygen atoms in total. The van der Waals surface area contributed by atoms with Crippen LogP contribution in [0.3, 0.4) is 0 Å². The highest BCUT2D eigenvalue weighted by Crippen LogP contribution is 2.32. The number of carbonyl (C=O) groups excluding carboxylic acids is 1. The average molecular weight is 371 g/mol. The van der Waals surface area contributed by atoms with Crippen molar-refractivity contribution in [3.05, 3.63) is 28.0 Å². The van der Waals surface area contributed by atoms with Gasteiger partial charge in [-0.05, 0) is 18.8 Å². The van der Waals surface area contributed by atoms with Gasteiger partial charge in [0.2, 0.25) is 5.91 Å². The monoisotopic (exact) mass is 370 g/mol. The fourth-order valence-electron chi connectivity index (χ4n) is 3.72. The Morgan fingerprint density at radius 1 is 1.21 bits per heavy atom. The lowest BCUT2D eigenvalue weighted by atomic mass is 9.94. The molecular weight excluding hydrogens is 347 g/mol. The number of carbonyl (C=O) groups is 1. The van der Waals surface area contributed by atoms with Crippen LogP contribution in [0.2, 0.25) is 10.0 Å². The molecule has 4 rings (SSSR count). The highest BCUT2D eigenvalue weighted by Gasteiger charge is 2.35. The van der Waals surface area contributed by atoms with Gasteiger partial charge in [0, 0.05) is 64.3 Å². The molecular formula is C17H24Cl2N4O. The molecule has 2 atom stereocenters. The summed E-state index contributed by atoms with van der Waals surface area (Å²) in [7, 11) is 3.63. The predicted molar refractivity (Wildman–Crippen MR) is 96.3 cm³/mol. The van der Waals surface area contributed by atoms with Crippen LogP contribution in [0.25, 0.3) is 0 Å². The van der Waals surface area contributed by atoms with Crippen LogP contribution in [-0.4, -0.2) is 71.9 Å². The number of pyridine rings is 1. The molecule has 132 valence electrons. The first-order chi connectivity index (χ1) is 11.4. The highest BCUT2D eigenvalue weighted by molar-refractivity contribution is 6.35. The number of fused-ring (bicyclic) bond motifs is 4. The second-order valence-electron chi connectivity index (χ2n) is 7.09. The van der Waals surface area contributed by atoms with Crippen molar-refractivity contribution in [1.29, 1.82) is 0 Å². The maximum Gasteiger partial charge on any atom is 0.236 e. The first-order valence-electron chi connectivity index (χ1n) is 8.38. The van der Waals surface area contributed by atoms with E-state index in [1.165, 1.54) is 6.42 Å². The summed E-state index contributed by atoms with van der Waals surface area (Å²) in [6.07, 6.45) is 5.70. The maximum atomic E-state index is 12.0. The molecule has 0 radical (unpaired) electrons. The van der Waals surface area contributed by atoms with Crippen molar-refractivity contribution in [3.63, 3.8) is 0 Å². The lowest BCUT2D eigenvalue weighted by molar-refractivity contribution is -0.130. The molecule has 0 aliphatic carbocycles. The average Bonchev–Trinajstić information content (AvgIpc) is 2.81. The van der Waals surface area contributed by atoms with E-state index in [2.05, 4.69) is 14.8 Å². The van der Waals surface area contributed by atoms with Crippen molar-refractivity contribution < 1.29 is 4.79 Å². The van der Waals surface area contributed by atoms with Gasteiger partial charge in [-0.3, -0.25) is 19.6 Å². The summed E-state index contributed by atoms with van der Waals surface area (Å²) < 4.78 is 0. The Kier molecular flexibility index (Phi) is 5.65. The molecule has 0 spiro atoms. The molecule has 0 N–H and O–H groups in total. The second kappa shape index (κ2) is 7.56. The van der Waals surface area contributed by atoms with Crippen molar-refractivity contribution in [1.82, 2.24) is 19.7 Å². The molecule has 0 saturated carbocycles. The molecule has 0 unspecified atom stereocenters. The largest absolute Gasteiger partial charge is 0.348 e. The van der Waals surface area contributed by atoms with E-state index in [4.69, 9.17) is 23.2 Å². The number of hydrogen-bond acceptors (Lipinski definition) is 4. The van der Waals surface area contributed by atoms with Gasteiger partial charge in [-0.1, -0.05) is 23.2 Å². The standard InChI is InChI=1S/C17H24Cl2N4O/c1-21(2)17(24)11-22-7-12-3-4-13(9-22)23(8-12)10-14-15(18)5-20-6-16(14)19/h5-6,12-13H,3-4,7-11H2,1-2H3/t12-,13+/m0/s1. The van der Waals surface area contributed by atoms with E-state index in [1.54, 1.807) is 17.3 Å². The summed E-state index contributed by atoms with van der Waals surface area (Å²) in [6.45, 7) is 4.20. The van der Waals surface area contributed by atoms with E-state index in [1.807, 2.05) is 14.1 Å². The van der Waals surface area contributed by atoms with E-state index >= 15 is 0 Å². The normalized spacial score (nSPS) is 24.8. The molecule has 3 saturated heterocycles. The van der Waals surface area contributed by atoms with Crippen LogP contribution in [0.15, 0.2) is 12.4 Å². The van der Waals surface area contributed by atoms with Gasteiger partial charge in [0.15, 0.2) is 0 Å². The minimum absolute atomic E-state index is 0.170. The number of halogens is 2. The number of amides is 1. The zero-order chi connectivity index (χ0) is 17.3. The maximum absolute atomic E-state index is 12.0. The van der Waals surface area contributed by atoms with Crippen LogP contribution >= 0.6 is 23.2 Å². The van der Waals surface area contributed by atoms with Gasteiger partial charge in [0.1, 0.15) is 0 Å². The van der Waals surface area contributed by atoms with Crippen LogP contribution in [0.5, 0.6) is 0 Å². The first-order valence-corrected chi connectivity index (χ1v) is 9.14. The smallest absolute Gasteiger partial charge is 0.236 e. The van der Waals surface area contributed by atoms with E-state index in [0.29, 0.717) is 28.5 Å². The third-order valence-electron chi connectivity index (χ3n) is 5.07. The lowest BCUT2D eigenvalue weighted by Crippen LogP contribution is -2.44. The SMILES string of the molecule is CN(C)C(=O)CN1C[C@@H]2CC[C@H](C1)N(Cc1c(Cl)cncc1Cl)C2. The van der Waals surface area contributed by atoms with Crippen molar-refractivity contribution in [2.75, 3.05) is 40.3 Å². The third-order valence-corrected chi connectivity index (χ3v) is 5.73. The molecule has 1 aromatic rings. The number of rotatable bonds is 4. The Morgan fingerprint density at radius 2 is 1.92 bits per heavy atom. The van der Waals surface area contributed by atoms with Crippen molar-refractivity contribution >= 4 is 29.1 Å². The summed E-state index contributed by atoms with van der Waals surface area (Å²) in [5, 5.41) is 1.25. The zero-order valence-corrected chi connectivity index (χ0v) is 15.7. The van der Waals surface area contributed by atoms with Gasteiger partial charge in [0.05, 0.1) is 16.6 Å². The quantitative estimate of drug-likeness (QED) is 0.815. The Labute approximate surface area is 153 Å². The van der Waals surface area contributed by atoms with Gasteiger partial charge >= 0.3 is 0 Å². The van der Waals surface area contributed by atoms with Crippen molar-refractivity contribution in [2.24, 2.45) is 5.92 Å². The number of hydrogen-bond donors (Lipinski definition) is 0. The first kappa shape index (κ1) is 17.9. The number of nitrogens with zero attached hydrogens (tertiary/aromatic N) is 4. The Balaban J connectivity index is 1.70. The van der Waals surface area contributed by atoms with Crippen LogP contribution in [0.4, 0.5) is 0 Å². The van der Waals surface area contributed by atoms with Gasteiger partial charge in [-0.2, -0.15) is 0 Å². The Hall–Kier alpha value is -0.880. The molecule has 3 fully saturated rings. The molecule has 24 heavy (non-hydrogen) atoms. The lowest BCUT2D eigenvalue weighted by Gasteiger charge is -2.36. The molecule has 1 aromatic heterocycles. The Morgan fingerprint density at radius 3 is 2.58 bits per heavy atom. The van der Waals surface area contributed by atoms with Crippen molar-refractivity contribution in [3.8, 4) is 0 Å². The fraction of sp³-hybridized carbons (Fsp3) is 0.647. The molecule has 3 aliphatic rings. The summed E-state index contributed by atoms with van der Waals surface area (Å²) in [6, 6.07) is 0.444. The van der Waals surface area contributed by atoms with Gasteiger partial charge in [0.25, 0.3) is 0 Å². The van der Waals surface area contributed by atoms with Gasteiger partial charge in [-0.15, -0.1) is 0 Å². The third kappa shape index (κ3) is 4.02. The highest BCUT2D eigenvalue weighted by atomic mass is 35.5. The topological polar surface area (TPSA) is 39.7 Å². The van der Waals surface area contributed by atoms with Crippen LogP contribution in [0, 0.1) is 5.92 Å². The molecule has 3 aliphatic heterocycles. The van der Waals surface area contributed by atoms with Crippen LogP contribution < -0.4 is 0 Å². The second-order valence-corrected chi connectivity index (χ2v) is 7.90. The molecule has 2 bridgehead atoms. The molecule has 7 heteroatoms. The number of piperidine rings is 1. The van der Waals surface area contributed by atoms with E-state index in [-0.39, 0.29) is 5.91 Å². The summed E-state index contributed by atoms with van der Waals surface area (Å²) in [5.74, 6) is 0.765. The minimum Gasteiger partial charge on any atom is -0.348 e. The minimum atomic E-state index is 0.170. The summed E-state index contributed by atoms with van der Waals surface area (Å²) >= 11 is 12.6. The van der Waals surface area contributed by atoms with E-state index in [0.717, 1.165) is 38.2 Å². The predicted octanol–water partition coefficient (Wildman–Crippen LogP) is 2.37. The van der Waals surface area contributed by atoms with Crippen LogP contribution in [-0.2, 0) is 11.3 Å². The zero-order valence-electron chi connectivity index (χ0n) is 14.2.